The normalized spacial score (nSPS) is 25.6. The van der Waals surface area contributed by atoms with Gasteiger partial charge in [0, 0.05) is 13.5 Å². The molecule has 0 bridgehead atoms. The van der Waals surface area contributed by atoms with Crippen molar-refractivity contribution in [2.24, 2.45) is 24.8 Å². The third-order valence-electron chi connectivity index (χ3n) is 8.10. The van der Waals surface area contributed by atoms with E-state index in [-0.39, 0.29) is 42.5 Å². The van der Waals surface area contributed by atoms with Gasteiger partial charge in [0.15, 0.2) is 0 Å². The standard InChI is InChI=1S/C27H31FN6O6/c1-14-23(39-17-9-15-3-4-18(26(35)36)19(15)10-17)6-5-21(30-14)24-22(34(2)33-32-24)13-38-27-29-11-20(28)25(31-27)40-16-7-8-37-12-16/h5-6,11,15-19H,3-4,7-10,12-13H2,1-2H3,(H,35,36)/t15?,16-,17?,18?,19?/m1/s1. The number of hydrogen-bond donors (Lipinski definition) is 1. The summed E-state index contributed by atoms with van der Waals surface area (Å²) in [5, 5.41) is 17.9. The number of aromatic nitrogens is 6. The summed E-state index contributed by atoms with van der Waals surface area (Å²) in [5.41, 5.74) is 2.44. The van der Waals surface area contributed by atoms with Crippen LogP contribution in [0.4, 0.5) is 4.39 Å². The molecule has 2 saturated carbocycles. The number of ether oxygens (including phenoxy) is 4. The summed E-state index contributed by atoms with van der Waals surface area (Å²) >= 11 is 0. The number of hydrogen-bond acceptors (Lipinski definition) is 10. The van der Waals surface area contributed by atoms with Gasteiger partial charge in [-0.2, -0.15) is 9.37 Å². The molecule has 40 heavy (non-hydrogen) atoms. The van der Waals surface area contributed by atoms with Crippen LogP contribution in [0.5, 0.6) is 17.6 Å². The SMILES string of the molecule is Cc1nc(-c2nnn(C)c2COc2ncc(F)c(O[C@@H]3CCOC3)n2)ccc1OC1CC2CCC(C(=O)O)C2C1. The van der Waals surface area contributed by atoms with Crippen molar-refractivity contribution in [3.05, 3.63) is 35.5 Å². The summed E-state index contributed by atoms with van der Waals surface area (Å²) in [6.07, 6.45) is 4.72. The average molecular weight is 555 g/mol. The van der Waals surface area contributed by atoms with Crippen LogP contribution in [-0.4, -0.2) is 66.4 Å². The zero-order valence-electron chi connectivity index (χ0n) is 22.3. The number of aryl methyl sites for hydroxylation is 2. The number of carbonyl (C=O) groups is 1. The van der Waals surface area contributed by atoms with Gasteiger partial charge in [-0.05, 0) is 56.6 Å². The number of carboxylic acid groups (broad SMARTS) is 1. The highest BCUT2D eigenvalue weighted by Crippen LogP contribution is 2.48. The molecule has 3 aliphatic rings. The molecule has 4 heterocycles. The van der Waals surface area contributed by atoms with Gasteiger partial charge in [0.25, 0.3) is 5.88 Å². The van der Waals surface area contributed by atoms with Gasteiger partial charge in [-0.15, -0.1) is 5.10 Å². The molecule has 6 rings (SSSR count). The molecule has 1 saturated heterocycles. The molecule has 1 N–H and O–H groups in total. The third-order valence-corrected chi connectivity index (χ3v) is 8.10. The lowest BCUT2D eigenvalue weighted by Crippen LogP contribution is -2.21. The Labute approximate surface area is 229 Å². The Morgan fingerprint density at radius 2 is 2.05 bits per heavy atom. The fourth-order valence-corrected chi connectivity index (χ4v) is 6.05. The number of rotatable bonds is 9. The first kappa shape index (κ1) is 26.4. The van der Waals surface area contributed by atoms with Crippen molar-refractivity contribution < 1.29 is 33.2 Å². The summed E-state index contributed by atoms with van der Waals surface area (Å²) in [4.78, 5) is 24.3. The molecule has 4 unspecified atom stereocenters. The van der Waals surface area contributed by atoms with Crippen LogP contribution in [0.1, 0.15) is 43.5 Å². The Bertz CT molecular complexity index is 1400. The van der Waals surface area contributed by atoms with E-state index in [2.05, 4.69) is 20.3 Å². The van der Waals surface area contributed by atoms with Gasteiger partial charge >= 0.3 is 12.0 Å². The van der Waals surface area contributed by atoms with Crippen LogP contribution in [0, 0.1) is 30.5 Å². The number of pyridine rings is 1. The van der Waals surface area contributed by atoms with E-state index in [4.69, 9.17) is 23.9 Å². The van der Waals surface area contributed by atoms with Gasteiger partial charge in [0.05, 0.1) is 42.8 Å². The van der Waals surface area contributed by atoms with Gasteiger partial charge in [-0.3, -0.25) is 4.79 Å². The second-order valence-corrected chi connectivity index (χ2v) is 10.6. The molecule has 3 fully saturated rings. The van der Waals surface area contributed by atoms with Crippen LogP contribution >= 0.6 is 0 Å². The molecule has 1 aliphatic heterocycles. The number of carboxylic acids is 1. The van der Waals surface area contributed by atoms with E-state index >= 15 is 0 Å². The molecule has 212 valence electrons. The first-order valence-electron chi connectivity index (χ1n) is 13.5. The van der Waals surface area contributed by atoms with Crippen molar-refractivity contribution in [3.63, 3.8) is 0 Å². The number of nitrogens with zero attached hydrogens (tertiary/aromatic N) is 6. The third kappa shape index (κ3) is 5.29. The summed E-state index contributed by atoms with van der Waals surface area (Å²) in [5.74, 6) is -0.557. The van der Waals surface area contributed by atoms with E-state index in [1.54, 1.807) is 11.7 Å². The van der Waals surface area contributed by atoms with Crippen LogP contribution in [0.2, 0.25) is 0 Å². The van der Waals surface area contributed by atoms with Crippen molar-refractivity contribution >= 4 is 5.97 Å². The van der Waals surface area contributed by atoms with Gasteiger partial charge in [0.1, 0.15) is 29.8 Å². The number of fused-ring (bicyclic) bond motifs is 1. The minimum Gasteiger partial charge on any atom is -0.489 e. The minimum atomic E-state index is -0.696. The van der Waals surface area contributed by atoms with Crippen molar-refractivity contribution in [2.75, 3.05) is 13.2 Å². The van der Waals surface area contributed by atoms with Gasteiger partial charge in [-0.1, -0.05) is 5.21 Å². The highest BCUT2D eigenvalue weighted by atomic mass is 19.1. The molecule has 0 spiro atoms. The Morgan fingerprint density at radius 1 is 1.18 bits per heavy atom. The molecule has 13 heteroatoms. The Hall–Kier alpha value is -3.87. The summed E-state index contributed by atoms with van der Waals surface area (Å²) in [6.45, 7) is 2.83. The van der Waals surface area contributed by atoms with Crippen molar-refractivity contribution in [1.29, 1.82) is 0 Å². The van der Waals surface area contributed by atoms with E-state index in [1.165, 1.54) is 0 Å². The lowest BCUT2D eigenvalue weighted by atomic mass is 9.92. The fourth-order valence-electron chi connectivity index (χ4n) is 6.05. The molecule has 0 amide bonds. The zero-order chi connectivity index (χ0) is 27.8. The Balaban J connectivity index is 1.12. The predicted octanol–water partition coefficient (Wildman–Crippen LogP) is 3.13. The number of halogens is 1. The van der Waals surface area contributed by atoms with E-state index in [0.29, 0.717) is 54.1 Å². The van der Waals surface area contributed by atoms with Crippen LogP contribution in [0.3, 0.4) is 0 Å². The van der Waals surface area contributed by atoms with Crippen molar-refractivity contribution in [2.45, 2.75) is 57.8 Å². The van der Waals surface area contributed by atoms with Crippen LogP contribution in [0.25, 0.3) is 11.4 Å². The van der Waals surface area contributed by atoms with Gasteiger partial charge in [-0.25, -0.2) is 14.6 Å². The van der Waals surface area contributed by atoms with Crippen molar-refractivity contribution in [1.82, 2.24) is 29.9 Å². The van der Waals surface area contributed by atoms with Gasteiger partial charge in [0.2, 0.25) is 5.82 Å². The highest BCUT2D eigenvalue weighted by Gasteiger charge is 2.47. The maximum absolute atomic E-state index is 14.2. The van der Waals surface area contributed by atoms with Gasteiger partial charge < -0.3 is 24.1 Å². The van der Waals surface area contributed by atoms with Crippen LogP contribution < -0.4 is 14.2 Å². The maximum atomic E-state index is 14.2. The first-order chi connectivity index (χ1) is 19.4. The van der Waals surface area contributed by atoms with E-state index in [1.807, 2.05) is 19.1 Å². The molecule has 5 atom stereocenters. The Morgan fingerprint density at radius 3 is 2.83 bits per heavy atom. The van der Waals surface area contributed by atoms with E-state index in [9.17, 15) is 14.3 Å². The molecule has 12 nitrogen and oxygen atoms in total. The second kappa shape index (κ2) is 11.0. The monoisotopic (exact) mass is 554 g/mol. The molecule has 0 radical (unpaired) electrons. The molecular weight excluding hydrogens is 523 g/mol. The average Bonchev–Trinajstić information content (AvgIpc) is 3.71. The summed E-state index contributed by atoms with van der Waals surface area (Å²) < 4.78 is 38.7. The maximum Gasteiger partial charge on any atom is 0.320 e. The second-order valence-electron chi connectivity index (χ2n) is 10.6. The largest absolute Gasteiger partial charge is 0.489 e. The quantitative estimate of drug-likeness (QED) is 0.417. The minimum absolute atomic E-state index is 0.0187. The smallest absolute Gasteiger partial charge is 0.320 e. The zero-order valence-corrected chi connectivity index (χ0v) is 22.3. The fraction of sp³-hybridized carbons (Fsp3) is 0.556. The lowest BCUT2D eigenvalue weighted by Gasteiger charge is -2.18. The lowest BCUT2D eigenvalue weighted by molar-refractivity contribution is -0.143. The molecule has 0 aromatic carbocycles. The molecule has 3 aromatic rings. The van der Waals surface area contributed by atoms with E-state index in [0.717, 1.165) is 31.9 Å². The molecule has 3 aromatic heterocycles. The number of aliphatic carboxylic acids is 1. The molecule has 2 aliphatic carbocycles. The molecular formula is C27H31FN6O6. The van der Waals surface area contributed by atoms with Crippen molar-refractivity contribution in [3.8, 4) is 29.0 Å². The topological polar surface area (TPSA) is 144 Å². The predicted molar refractivity (Wildman–Crippen MR) is 136 cm³/mol. The summed E-state index contributed by atoms with van der Waals surface area (Å²) in [7, 11) is 1.74. The Kier molecular flexibility index (Phi) is 7.22. The highest BCUT2D eigenvalue weighted by molar-refractivity contribution is 5.71. The summed E-state index contributed by atoms with van der Waals surface area (Å²) in [6, 6.07) is 3.64. The van der Waals surface area contributed by atoms with Crippen LogP contribution in [-0.2, 0) is 23.2 Å². The first-order valence-corrected chi connectivity index (χ1v) is 13.5. The van der Waals surface area contributed by atoms with Crippen LogP contribution in [0.15, 0.2) is 18.3 Å². The van der Waals surface area contributed by atoms with E-state index < -0.39 is 11.8 Å².